The highest BCUT2D eigenvalue weighted by atomic mass is 31.2. The number of rotatable bonds is 53. The van der Waals surface area contributed by atoms with Crippen LogP contribution in [0.2, 0.25) is 0 Å². The summed E-state index contributed by atoms with van der Waals surface area (Å²) >= 11 is 0. The van der Waals surface area contributed by atoms with Crippen LogP contribution in [-0.4, -0.2) is 70.0 Å². The molecule has 388 valence electrons. The molecule has 65 heavy (non-hydrogen) atoms. The standard InChI is InChI=1S/C55H110NO8P/c1-6-8-10-12-14-16-18-20-22-24-26-28-30-32-34-36-38-40-42-44-46-48-55(58)64-53(52-63-65(59,60)62-50-49-56(3,4)5)51-61-54(57)47-45-43-41-39-37-35-33-31-29-27-25-23-21-19-17-15-13-11-9-7-2/h53H,6-52H2,1-5H3. The lowest BCUT2D eigenvalue weighted by molar-refractivity contribution is -0.870. The summed E-state index contributed by atoms with van der Waals surface area (Å²) in [6, 6.07) is 0. The van der Waals surface area contributed by atoms with Gasteiger partial charge in [0.15, 0.2) is 6.10 Å². The molecule has 0 saturated carbocycles. The number of carbonyl (C=O) groups excluding carboxylic acids is 2. The van der Waals surface area contributed by atoms with Crippen LogP contribution in [0.1, 0.15) is 290 Å². The summed E-state index contributed by atoms with van der Waals surface area (Å²) in [6.07, 6.45) is 52.8. The average Bonchev–Trinajstić information content (AvgIpc) is 3.26. The molecule has 2 atom stereocenters. The molecule has 0 aromatic carbocycles. The Hall–Kier alpha value is -0.990. The topological polar surface area (TPSA) is 111 Å². The molecule has 0 N–H and O–H groups in total. The van der Waals surface area contributed by atoms with Gasteiger partial charge in [0.1, 0.15) is 19.8 Å². The molecule has 0 fully saturated rings. The monoisotopic (exact) mass is 944 g/mol. The van der Waals surface area contributed by atoms with Crippen molar-refractivity contribution in [3.05, 3.63) is 0 Å². The molecule has 0 radical (unpaired) electrons. The van der Waals surface area contributed by atoms with Crippen molar-refractivity contribution in [1.29, 1.82) is 0 Å². The Kier molecular flexibility index (Phi) is 47.3. The van der Waals surface area contributed by atoms with Gasteiger partial charge in [-0.05, 0) is 12.8 Å². The lowest BCUT2D eigenvalue weighted by Crippen LogP contribution is -2.37. The van der Waals surface area contributed by atoms with Gasteiger partial charge in [0.25, 0.3) is 7.82 Å². The highest BCUT2D eigenvalue weighted by Gasteiger charge is 2.22. The lowest BCUT2D eigenvalue weighted by Gasteiger charge is -2.28. The second-order valence-corrected chi connectivity index (χ2v) is 22.1. The molecule has 0 aromatic rings. The van der Waals surface area contributed by atoms with Gasteiger partial charge in [0, 0.05) is 12.8 Å². The Morgan fingerprint density at radius 2 is 0.692 bits per heavy atom. The third-order valence-electron chi connectivity index (χ3n) is 12.9. The van der Waals surface area contributed by atoms with E-state index in [1.807, 2.05) is 21.1 Å². The summed E-state index contributed by atoms with van der Waals surface area (Å²) in [5.41, 5.74) is 0. The van der Waals surface area contributed by atoms with Crippen LogP contribution in [0.4, 0.5) is 0 Å². The summed E-state index contributed by atoms with van der Waals surface area (Å²) in [4.78, 5) is 37.8. The molecule has 0 spiro atoms. The molecule has 0 aliphatic rings. The lowest BCUT2D eigenvalue weighted by atomic mass is 10.0. The van der Waals surface area contributed by atoms with Crippen LogP contribution >= 0.6 is 7.82 Å². The third kappa shape index (κ3) is 52.2. The smallest absolute Gasteiger partial charge is 0.306 e. The largest absolute Gasteiger partial charge is 0.756 e. The van der Waals surface area contributed by atoms with Crippen LogP contribution in [0, 0.1) is 0 Å². The van der Waals surface area contributed by atoms with E-state index in [2.05, 4.69) is 13.8 Å². The number of quaternary nitrogens is 1. The van der Waals surface area contributed by atoms with Gasteiger partial charge in [0.2, 0.25) is 0 Å². The maximum absolute atomic E-state index is 12.8. The summed E-state index contributed by atoms with van der Waals surface area (Å²) in [5.74, 6) is -0.810. The molecule has 0 amide bonds. The van der Waals surface area contributed by atoms with Crippen LogP contribution < -0.4 is 4.89 Å². The number of phosphoric ester groups is 1. The molecular weight excluding hydrogens is 834 g/mol. The molecule has 0 bridgehead atoms. The Morgan fingerprint density at radius 1 is 0.415 bits per heavy atom. The van der Waals surface area contributed by atoms with E-state index >= 15 is 0 Å². The fraction of sp³-hybridized carbons (Fsp3) is 0.964. The number of hydrogen-bond acceptors (Lipinski definition) is 8. The van der Waals surface area contributed by atoms with Gasteiger partial charge in [-0.2, -0.15) is 0 Å². The molecule has 0 saturated heterocycles. The van der Waals surface area contributed by atoms with Gasteiger partial charge in [-0.25, -0.2) is 0 Å². The summed E-state index contributed by atoms with van der Waals surface area (Å²) in [6.45, 7) is 4.31. The fourth-order valence-corrected chi connectivity index (χ4v) is 9.21. The Labute approximate surface area is 404 Å². The van der Waals surface area contributed by atoms with E-state index < -0.39 is 26.5 Å². The zero-order valence-electron chi connectivity index (χ0n) is 44.0. The number of carbonyl (C=O) groups is 2. The van der Waals surface area contributed by atoms with Crippen molar-refractivity contribution in [1.82, 2.24) is 0 Å². The first-order chi connectivity index (χ1) is 31.5. The van der Waals surface area contributed by atoms with Gasteiger partial charge in [-0.3, -0.25) is 14.2 Å². The van der Waals surface area contributed by atoms with Gasteiger partial charge >= 0.3 is 11.9 Å². The van der Waals surface area contributed by atoms with E-state index in [0.29, 0.717) is 17.4 Å². The molecule has 9 nitrogen and oxygen atoms in total. The van der Waals surface area contributed by atoms with Crippen LogP contribution in [0.25, 0.3) is 0 Å². The van der Waals surface area contributed by atoms with Crippen LogP contribution in [0.5, 0.6) is 0 Å². The first-order valence-corrected chi connectivity index (χ1v) is 29.7. The minimum atomic E-state index is -4.63. The maximum Gasteiger partial charge on any atom is 0.306 e. The van der Waals surface area contributed by atoms with Crippen LogP contribution in [0.15, 0.2) is 0 Å². The Balaban J connectivity index is 4.13. The molecule has 0 rings (SSSR count). The van der Waals surface area contributed by atoms with Crippen LogP contribution in [-0.2, 0) is 32.7 Å². The number of hydrogen-bond donors (Lipinski definition) is 0. The van der Waals surface area contributed by atoms with E-state index in [-0.39, 0.29) is 32.0 Å². The van der Waals surface area contributed by atoms with Gasteiger partial charge < -0.3 is 27.9 Å². The van der Waals surface area contributed by atoms with E-state index in [4.69, 9.17) is 18.5 Å². The quantitative estimate of drug-likeness (QED) is 0.0257. The van der Waals surface area contributed by atoms with Crippen molar-refractivity contribution in [2.75, 3.05) is 47.5 Å². The highest BCUT2D eigenvalue weighted by molar-refractivity contribution is 7.45. The van der Waals surface area contributed by atoms with E-state index in [1.165, 1.54) is 225 Å². The van der Waals surface area contributed by atoms with Gasteiger partial charge in [0.05, 0.1) is 27.7 Å². The minimum Gasteiger partial charge on any atom is -0.756 e. The molecule has 0 heterocycles. The molecular formula is C55H110NO8P. The van der Waals surface area contributed by atoms with Gasteiger partial charge in [-0.1, -0.05) is 264 Å². The molecule has 0 aliphatic carbocycles. The Morgan fingerprint density at radius 3 is 0.985 bits per heavy atom. The van der Waals surface area contributed by atoms with E-state index in [9.17, 15) is 19.0 Å². The molecule has 2 unspecified atom stereocenters. The normalized spacial score (nSPS) is 13.3. The first kappa shape index (κ1) is 64.0. The SMILES string of the molecule is CCCCCCCCCCCCCCCCCCCCCCCC(=O)OC(COC(=O)CCCCCCCCCCCCCCCCCCCCCC)COP(=O)([O-])OCC[N+](C)(C)C. The predicted molar refractivity (Wildman–Crippen MR) is 273 cm³/mol. The van der Waals surface area contributed by atoms with Gasteiger partial charge in [-0.15, -0.1) is 0 Å². The van der Waals surface area contributed by atoms with Crippen molar-refractivity contribution >= 4 is 19.8 Å². The minimum absolute atomic E-state index is 0.0251. The first-order valence-electron chi connectivity index (χ1n) is 28.2. The zero-order valence-corrected chi connectivity index (χ0v) is 44.9. The van der Waals surface area contributed by atoms with E-state index in [0.717, 1.165) is 32.1 Å². The highest BCUT2D eigenvalue weighted by Crippen LogP contribution is 2.38. The summed E-state index contributed by atoms with van der Waals surface area (Å²) < 4.78 is 34.2. The zero-order chi connectivity index (χ0) is 47.8. The average molecular weight is 944 g/mol. The number of phosphoric acid groups is 1. The molecule has 0 aromatic heterocycles. The number of ether oxygens (including phenoxy) is 2. The summed E-state index contributed by atoms with van der Waals surface area (Å²) in [5, 5.41) is 0. The second kappa shape index (κ2) is 48.1. The third-order valence-corrected chi connectivity index (χ3v) is 13.8. The van der Waals surface area contributed by atoms with Crippen molar-refractivity contribution in [3.63, 3.8) is 0 Å². The Bertz CT molecular complexity index is 1070. The second-order valence-electron chi connectivity index (χ2n) is 20.7. The number of unbranched alkanes of at least 4 members (excludes halogenated alkanes) is 39. The molecule has 0 aliphatic heterocycles. The van der Waals surface area contributed by atoms with Crippen molar-refractivity contribution in [2.45, 2.75) is 296 Å². The van der Waals surface area contributed by atoms with E-state index in [1.54, 1.807) is 0 Å². The number of nitrogens with zero attached hydrogens (tertiary/aromatic N) is 1. The fourth-order valence-electron chi connectivity index (χ4n) is 8.48. The van der Waals surface area contributed by atoms with Crippen molar-refractivity contribution < 1.29 is 42.1 Å². The molecule has 10 heteroatoms. The number of likely N-dealkylation sites (N-methyl/N-ethyl adjacent to an activating group) is 1. The summed E-state index contributed by atoms with van der Waals surface area (Å²) in [7, 11) is 1.19. The predicted octanol–water partition coefficient (Wildman–Crippen LogP) is 16.5. The van der Waals surface area contributed by atoms with Crippen molar-refractivity contribution in [2.24, 2.45) is 0 Å². The maximum atomic E-state index is 12.8. The van der Waals surface area contributed by atoms with Crippen molar-refractivity contribution in [3.8, 4) is 0 Å². The van der Waals surface area contributed by atoms with Crippen LogP contribution in [0.3, 0.4) is 0 Å². The number of esters is 2.